The van der Waals surface area contributed by atoms with Crippen LogP contribution in [-0.4, -0.2) is 32.6 Å². The van der Waals surface area contributed by atoms with E-state index in [2.05, 4.69) is 9.55 Å². The summed E-state index contributed by atoms with van der Waals surface area (Å²) in [4.78, 5) is 29.2. The number of hydrogen-bond acceptors (Lipinski definition) is 4. The average Bonchev–Trinajstić information content (AvgIpc) is 2.92. The fraction of sp³-hybridized carbons (Fsp3) is 0.188. The Morgan fingerprint density at radius 2 is 1.86 bits per heavy atom. The van der Waals surface area contributed by atoms with Crippen molar-refractivity contribution in [3.05, 3.63) is 52.4 Å². The molecule has 3 rings (SSSR count). The van der Waals surface area contributed by atoms with Crippen LogP contribution < -0.4 is 0 Å². The number of rotatable bonds is 2. The molecule has 0 aliphatic carbocycles. The van der Waals surface area contributed by atoms with Gasteiger partial charge in [-0.05, 0) is 55.4 Å². The number of aromatic nitrogens is 2. The first-order valence-corrected chi connectivity index (χ1v) is 7.61. The molecule has 112 valence electrons. The molecule has 0 unspecified atom stereocenters. The van der Waals surface area contributed by atoms with Gasteiger partial charge in [0.15, 0.2) is 0 Å². The monoisotopic (exact) mass is 313 g/mol. The van der Waals surface area contributed by atoms with E-state index >= 15 is 0 Å². The van der Waals surface area contributed by atoms with Crippen LogP contribution >= 0.6 is 11.8 Å². The van der Waals surface area contributed by atoms with Crippen LogP contribution in [0.2, 0.25) is 0 Å². The van der Waals surface area contributed by atoms with Crippen molar-refractivity contribution in [2.75, 3.05) is 7.05 Å². The summed E-state index contributed by atoms with van der Waals surface area (Å²) in [6.45, 7) is 4.01. The highest BCUT2D eigenvalue weighted by molar-refractivity contribution is 8.18. The Kier molecular flexibility index (Phi) is 3.62. The maximum Gasteiger partial charge on any atom is 0.293 e. The van der Waals surface area contributed by atoms with E-state index in [4.69, 9.17) is 0 Å². The summed E-state index contributed by atoms with van der Waals surface area (Å²) in [5, 5.41) is -0.237. The smallest absolute Gasteiger partial charge is 0.293 e. The van der Waals surface area contributed by atoms with Gasteiger partial charge in [0.05, 0.1) is 4.91 Å². The molecule has 0 N–H and O–H groups in total. The van der Waals surface area contributed by atoms with E-state index in [9.17, 15) is 9.59 Å². The first-order chi connectivity index (χ1) is 10.5. The standard InChI is InChI=1S/C16H15N3O2S/c1-10-8-12(9-14-15(20)18(3)16(21)22-14)11(2)19(10)13-4-6-17-7-5-13/h4-9H,1-3H3. The number of thioether (sulfide) groups is 1. The molecule has 2 aromatic rings. The number of likely N-dealkylation sites (N-methyl/N-ethyl adjacent to an activating group) is 1. The molecule has 22 heavy (non-hydrogen) atoms. The summed E-state index contributed by atoms with van der Waals surface area (Å²) >= 11 is 0.976. The fourth-order valence-corrected chi connectivity index (χ4v) is 3.33. The van der Waals surface area contributed by atoms with Crippen molar-refractivity contribution in [2.24, 2.45) is 0 Å². The van der Waals surface area contributed by atoms with Crippen molar-refractivity contribution in [1.82, 2.24) is 14.5 Å². The Morgan fingerprint density at radius 1 is 1.18 bits per heavy atom. The number of pyridine rings is 1. The van der Waals surface area contributed by atoms with Crippen molar-refractivity contribution in [3.63, 3.8) is 0 Å². The molecule has 0 spiro atoms. The minimum Gasteiger partial charge on any atom is -0.318 e. The molecule has 3 heterocycles. The minimum atomic E-state index is -0.247. The maximum absolute atomic E-state index is 12.0. The third-order valence-corrected chi connectivity index (χ3v) is 4.63. The molecular formula is C16H15N3O2S. The van der Waals surface area contributed by atoms with Crippen molar-refractivity contribution in [1.29, 1.82) is 0 Å². The third-order valence-electron chi connectivity index (χ3n) is 3.66. The molecule has 2 aromatic heterocycles. The van der Waals surface area contributed by atoms with Crippen molar-refractivity contribution in [2.45, 2.75) is 13.8 Å². The van der Waals surface area contributed by atoms with Gasteiger partial charge in [0.1, 0.15) is 0 Å². The number of imide groups is 1. The number of hydrogen-bond donors (Lipinski definition) is 0. The van der Waals surface area contributed by atoms with Gasteiger partial charge < -0.3 is 4.57 Å². The zero-order valence-electron chi connectivity index (χ0n) is 12.5. The quantitative estimate of drug-likeness (QED) is 0.799. The molecule has 0 radical (unpaired) electrons. The van der Waals surface area contributed by atoms with E-state index in [-0.39, 0.29) is 11.1 Å². The van der Waals surface area contributed by atoms with Gasteiger partial charge in [-0.2, -0.15) is 0 Å². The van der Waals surface area contributed by atoms with Crippen molar-refractivity contribution >= 4 is 29.0 Å². The van der Waals surface area contributed by atoms with Crippen LogP contribution in [0.25, 0.3) is 11.8 Å². The zero-order valence-corrected chi connectivity index (χ0v) is 13.3. The lowest BCUT2D eigenvalue weighted by Crippen LogP contribution is -2.22. The SMILES string of the molecule is Cc1cc(C=C2SC(=O)N(C)C2=O)c(C)n1-c1ccncc1. The molecule has 0 aromatic carbocycles. The molecule has 6 heteroatoms. The summed E-state index contributed by atoms with van der Waals surface area (Å²) in [6, 6.07) is 5.88. The normalized spacial score (nSPS) is 16.9. The molecule has 0 atom stereocenters. The lowest BCUT2D eigenvalue weighted by Gasteiger charge is -2.08. The molecule has 1 saturated heterocycles. The Bertz CT molecular complexity index is 793. The molecule has 1 aliphatic heterocycles. The first-order valence-electron chi connectivity index (χ1n) is 6.80. The van der Waals surface area contributed by atoms with Crippen molar-refractivity contribution in [3.8, 4) is 5.69 Å². The maximum atomic E-state index is 12.0. The number of aryl methyl sites for hydroxylation is 1. The van der Waals surface area contributed by atoms with Crippen LogP contribution in [0.3, 0.4) is 0 Å². The van der Waals surface area contributed by atoms with Gasteiger partial charge in [-0.1, -0.05) is 0 Å². The van der Waals surface area contributed by atoms with Crippen LogP contribution in [0.4, 0.5) is 4.79 Å². The Hall–Kier alpha value is -2.34. The van der Waals surface area contributed by atoms with Gasteiger partial charge in [0.2, 0.25) is 0 Å². The predicted octanol–water partition coefficient (Wildman–Crippen LogP) is 3.16. The van der Waals surface area contributed by atoms with Crippen molar-refractivity contribution < 1.29 is 9.59 Å². The molecular weight excluding hydrogens is 298 g/mol. The summed E-state index contributed by atoms with van der Waals surface area (Å²) in [5.41, 5.74) is 4.04. The van der Waals surface area contributed by atoms with Crippen LogP contribution in [0.5, 0.6) is 0 Å². The predicted molar refractivity (Wildman–Crippen MR) is 86.8 cm³/mol. The highest BCUT2D eigenvalue weighted by Crippen LogP contribution is 2.32. The number of carbonyl (C=O) groups excluding carboxylic acids is 2. The lowest BCUT2D eigenvalue weighted by molar-refractivity contribution is -0.121. The lowest BCUT2D eigenvalue weighted by atomic mass is 10.2. The van der Waals surface area contributed by atoms with E-state index in [1.807, 2.05) is 32.0 Å². The number of carbonyl (C=O) groups is 2. The summed E-state index contributed by atoms with van der Waals surface area (Å²) in [6.07, 6.45) is 5.28. The summed E-state index contributed by atoms with van der Waals surface area (Å²) < 4.78 is 2.10. The Labute approximate surface area is 132 Å². The minimum absolute atomic E-state index is 0.237. The van der Waals surface area contributed by atoms with Crippen LogP contribution in [0, 0.1) is 13.8 Å². The van der Waals surface area contributed by atoms with Gasteiger partial charge in [-0.3, -0.25) is 19.5 Å². The van der Waals surface area contributed by atoms with E-state index in [1.54, 1.807) is 18.5 Å². The van der Waals surface area contributed by atoms with Crippen LogP contribution in [0.15, 0.2) is 35.5 Å². The molecule has 5 nitrogen and oxygen atoms in total. The van der Waals surface area contributed by atoms with Gasteiger partial charge in [0.25, 0.3) is 11.1 Å². The van der Waals surface area contributed by atoms with E-state index in [1.165, 1.54) is 7.05 Å². The molecule has 1 aliphatic rings. The summed E-state index contributed by atoms with van der Waals surface area (Å²) in [5.74, 6) is -0.247. The number of nitrogens with zero attached hydrogens (tertiary/aromatic N) is 3. The fourth-order valence-electron chi connectivity index (χ4n) is 2.51. The number of amides is 2. The highest BCUT2D eigenvalue weighted by Gasteiger charge is 2.32. The van der Waals surface area contributed by atoms with Gasteiger partial charge in [0, 0.05) is 36.5 Å². The molecule has 0 bridgehead atoms. The average molecular weight is 313 g/mol. The van der Waals surface area contributed by atoms with Gasteiger partial charge in [-0.15, -0.1) is 0 Å². The largest absolute Gasteiger partial charge is 0.318 e. The Balaban J connectivity index is 2.05. The van der Waals surface area contributed by atoms with Crippen LogP contribution in [0.1, 0.15) is 17.0 Å². The first kappa shape index (κ1) is 14.6. The molecule has 2 amide bonds. The van der Waals surface area contributed by atoms with Crippen LogP contribution in [-0.2, 0) is 4.79 Å². The second-order valence-electron chi connectivity index (χ2n) is 5.11. The van der Waals surface area contributed by atoms with E-state index < -0.39 is 0 Å². The van der Waals surface area contributed by atoms with E-state index in [0.29, 0.717) is 4.91 Å². The van der Waals surface area contributed by atoms with Gasteiger partial charge in [-0.25, -0.2) is 0 Å². The molecule has 1 fully saturated rings. The highest BCUT2D eigenvalue weighted by atomic mass is 32.2. The topological polar surface area (TPSA) is 55.2 Å². The third kappa shape index (κ3) is 2.35. The zero-order chi connectivity index (χ0) is 15.9. The second-order valence-corrected chi connectivity index (χ2v) is 6.10. The molecule has 0 saturated carbocycles. The Morgan fingerprint density at radius 3 is 2.45 bits per heavy atom. The van der Waals surface area contributed by atoms with E-state index in [0.717, 1.165) is 39.3 Å². The summed E-state index contributed by atoms with van der Waals surface area (Å²) in [7, 11) is 1.50. The van der Waals surface area contributed by atoms with Gasteiger partial charge >= 0.3 is 0 Å². The second kappa shape index (κ2) is 5.46.